The van der Waals surface area contributed by atoms with E-state index in [0.717, 1.165) is 6.42 Å². The zero-order chi connectivity index (χ0) is 14.3. The van der Waals surface area contributed by atoms with Gasteiger partial charge in [-0.1, -0.05) is 13.8 Å². The molecule has 0 radical (unpaired) electrons. The minimum Gasteiger partial charge on any atom is -0.481 e. The molecule has 0 spiro atoms. The first kappa shape index (κ1) is 16.9. The van der Waals surface area contributed by atoms with E-state index < -0.39 is 11.5 Å². The first-order valence-corrected chi connectivity index (χ1v) is 6.38. The second-order valence-electron chi connectivity index (χ2n) is 5.68. The molecule has 18 heavy (non-hydrogen) atoms. The SMILES string of the molecule is CNC(C)(C)C(=O)NCC(CC(=O)O)CC(C)C. The molecule has 0 aliphatic rings. The maximum atomic E-state index is 11.9. The molecule has 0 heterocycles. The Labute approximate surface area is 109 Å². The quantitative estimate of drug-likeness (QED) is 0.612. The van der Waals surface area contributed by atoms with Crippen molar-refractivity contribution in [3.63, 3.8) is 0 Å². The van der Waals surface area contributed by atoms with Crippen molar-refractivity contribution in [3.05, 3.63) is 0 Å². The van der Waals surface area contributed by atoms with Crippen LogP contribution in [0.1, 0.15) is 40.5 Å². The van der Waals surface area contributed by atoms with Crippen LogP contribution in [0.5, 0.6) is 0 Å². The van der Waals surface area contributed by atoms with Gasteiger partial charge in [-0.2, -0.15) is 0 Å². The Bertz CT molecular complexity index is 288. The Balaban J connectivity index is 4.34. The predicted octanol–water partition coefficient (Wildman–Crippen LogP) is 1.24. The van der Waals surface area contributed by atoms with Gasteiger partial charge in [0.1, 0.15) is 0 Å². The lowest BCUT2D eigenvalue weighted by atomic mass is 9.93. The monoisotopic (exact) mass is 258 g/mol. The fourth-order valence-corrected chi connectivity index (χ4v) is 1.72. The summed E-state index contributed by atoms with van der Waals surface area (Å²) in [5, 5.41) is 14.6. The highest BCUT2D eigenvalue weighted by Gasteiger charge is 2.26. The van der Waals surface area contributed by atoms with E-state index in [2.05, 4.69) is 10.6 Å². The lowest BCUT2D eigenvalue weighted by molar-refractivity contribution is -0.138. The van der Waals surface area contributed by atoms with Gasteiger partial charge in [-0.25, -0.2) is 0 Å². The number of hydrogen-bond donors (Lipinski definition) is 3. The number of rotatable bonds is 8. The van der Waals surface area contributed by atoms with E-state index in [4.69, 9.17) is 5.11 Å². The van der Waals surface area contributed by atoms with Crippen LogP contribution in [-0.4, -0.2) is 36.1 Å². The summed E-state index contributed by atoms with van der Waals surface area (Å²) in [7, 11) is 1.72. The third kappa shape index (κ3) is 6.59. The van der Waals surface area contributed by atoms with Crippen molar-refractivity contribution in [1.82, 2.24) is 10.6 Å². The minimum absolute atomic E-state index is 0.0147. The number of carbonyl (C=O) groups is 2. The first-order valence-electron chi connectivity index (χ1n) is 6.38. The van der Waals surface area contributed by atoms with Crippen molar-refractivity contribution in [2.45, 2.75) is 46.1 Å². The topological polar surface area (TPSA) is 78.4 Å². The Morgan fingerprint density at radius 1 is 1.28 bits per heavy atom. The van der Waals surface area contributed by atoms with Crippen molar-refractivity contribution in [1.29, 1.82) is 0 Å². The van der Waals surface area contributed by atoms with Crippen molar-refractivity contribution >= 4 is 11.9 Å². The van der Waals surface area contributed by atoms with Crippen LogP contribution in [-0.2, 0) is 9.59 Å². The number of amides is 1. The van der Waals surface area contributed by atoms with E-state index in [0.29, 0.717) is 12.5 Å². The Kier molecular flexibility index (Phi) is 6.91. The molecular weight excluding hydrogens is 232 g/mol. The Morgan fingerprint density at radius 2 is 1.83 bits per heavy atom. The highest BCUT2D eigenvalue weighted by atomic mass is 16.4. The van der Waals surface area contributed by atoms with Crippen LogP contribution in [0.15, 0.2) is 0 Å². The van der Waals surface area contributed by atoms with E-state index in [-0.39, 0.29) is 18.2 Å². The zero-order valence-corrected chi connectivity index (χ0v) is 12.0. The number of hydrogen-bond acceptors (Lipinski definition) is 3. The van der Waals surface area contributed by atoms with Gasteiger partial charge in [0, 0.05) is 13.0 Å². The minimum atomic E-state index is -0.817. The number of nitrogens with one attached hydrogen (secondary N) is 2. The second-order valence-corrected chi connectivity index (χ2v) is 5.68. The lowest BCUT2D eigenvalue weighted by Crippen LogP contribution is -2.52. The molecule has 0 bridgehead atoms. The van der Waals surface area contributed by atoms with Gasteiger partial charge in [-0.3, -0.25) is 9.59 Å². The number of carboxylic acids is 1. The third-order valence-corrected chi connectivity index (χ3v) is 3.01. The number of carboxylic acid groups (broad SMARTS) is 1. The normalized spacial score (nSPS) is 13.4. The van der Waals surface area contributed by atoms with Gasteiger partial charge in [0.15, 0.2) is 0 Å². The first-order chi connectivity index (χ1) is 8.19. The smallest absolute Gasteiger partial charge is 0.303 e. The molecule has 0 aromatic rings. The summed E-state index contributed by atoms with van der Waals surface area (Å²) in [5.41, 5.74) is -0.633. The molecule has 1 atom stereocenters. The lowest BCUT2D eigenvalue weighted by Gasteiger charge is -2.25. The summed E-state index contributed by atoms with van der Waals surface area (Å²) in [6.45, 7) is 8.09. The summed E-state index contributed by atoms with van der Waals surface area (Å²) < 4.78 is 0. The Morgan fingerprint density at radius 3 is 2.22 bits per heavy atom. The molecule has 0 fully saturated rings. The molecule has 5 heteroatoms. The van der Waals surface area contributed by atoms with Crippen LogP contribution >= 0.6 is 0 Å². The molecule has 0 aromatic heterocycles. The van der Waals surface area contributed by atoms with Crippen molar-refractivity contribution in [2.75, 3.05) is 13.6 Å². The number of likely N-dealkylation sites (N-methyl/N-ethyl adjacent to an activating group) is 1. The van der Waals surface area contributed by atoms with Gasteiger partial charge in [0.2, 0.25) is 5.91 Å². The standard InChI is InChI=1S/C13H26N2O3/c1-9(2)6-10(7-11(16)17)8-15-12(18)13(3,4)14-5/h9-10,14H,6-8H2,1-5H3,(H,15,18)(H,16,17). The van der Waals surface area contributed by atoms with Crippen LogP contribution in [0.4, 0.5) is 0 Å². The van der Waals surface area contributed by atoms with Crippen molar-refractivity contribution in [2.24, 2.45) is 11.8 Å². The molecule has 1 amide bonds. The molecule has 0 aromatic carbocycles. The average Bonchev–Trinajstić information content (AvgIpc) is 2.23. The summed E-state index contributed by atoms with van der Waals surface area (Å²) in [4.78, 5) is 22.6. The van der Waals surface area contributed by atoms with Gasteiger partial charge < -0.3 is 15.7 Å². The van der Waals surface area contributed by atoms with E-state index in [1.54, 1.807) is 20.9 Å². The van der Waals surface area contributed by atoms with Gasteiger partial charge in [0.25, 0.3) is 0 Å². The molecule has 3 N–H and O–H groups in total. The van der Waals surface area contributed by atoms with Crippen LogP contribution in [0.25, 0.3) is 0 Å². The third-order valence-electron chi connectivity index (χ3n) is 3.01. The fourth-order valence-electron chi connectivity index (χ4n) is 1.72. The van der Waals surface area contributed by atoms with Gasteiger partial charge >= 0.3 is 5.97 Å². The maximum Gasteiger partial charge on any atom is 0.303 e. The molecule has 1 unspecified atom stereocenters. The average molecular weight is 258 g/mol. The van der Waals surface area contributed by atoms with Crippen molar-refractivity contribution < 1.29 is 14.7 Å². The summed E-state index contributed by atoms with van der Waals surface area (Å²) >= 11 is 0. The molecule has 0 rings (SSSR count). The number of aliphatic carboxylic acids is 1. The maximum absolute atomic E-state index is 11.9. The van der Waals surface area contributed by atoms with Crippen LogP contribution in [0.3, 0.4) is 0 Å². The molecule has 0 aliphatic heterocycles. The molecule has 0 saturated heterocycles. The largest absolute Gasteiger partial charge is 0.481 e. The predicted molar refractivity (Wildman–Crippen MR) is 71.3 cm³/mol. The van der Waals surface area contributed by atoms with Gasteiger partial charge in [-0.15, -0.1) is 0 Å². The summed E-state index contributed by atoms with van der Waals surface area (Å²) in [6, 6.07) is 0. The van der Waals surface area contributed by atoms with Gasteiger partial charge in [-0.05, 0) is 39.2 Å². The van der Waals surface area contributed by atoms with Crippen LogP contribution in [0, 0.1) is 11.8 Å². The second kappa shape index (κ2) is 7.36. The highest BCUT2D eigenvalue weighted by Crippen LogP contribution is 2.15. The van der Waals surface area contributed by atoms with Crippen LogP contribution in [0.2, 0.25) is 0 Å². The summed E-state index contributed by atoms with van der Waals surface area (Å²) in [6.07, 6.45) is 0.894. The zero-order valence-electron chi connectivity index (χ0n) is 12.0. The number of carbonyl (C=O) groups excluding carboxylic acids is 1. The fraction of sp³-hybridized carbons (Fsp3) is 0.846. The van der Waals surface area contributed by atoms with Gasteiger partial charge in [0.05, 0.1) is 5.54 Å². The molecule has 106 valence electrons. The van der Waals surface area contributed by atoms with E-state index in [9.17, 15) is 9.59 Å². The van der Waals surface area contributed by atoms with Crippen LogP contribution < -0.4 is 10.6 Å². The molecule has 0 aliphatic carbocycles. The van der Waals surface area contributed by atoms with E-state index >= 15 is 0 Å². The molecule has 0 saturated carbocycles. The molecular formula is C13H26N2O3. The molecule has 5 nitrogen and oxygen atoms in total. The van der Waals surface area contributed by atoms with Crippen molar-refractivity contribution in [3.8, 4) is 0 Å². The van der Waals surface area contributed by atoms with E-state index in [1.165, 1.54) is 0 Å². The Hall–Kier alpha value is -1.10. The van der Waals surface area contributed by atoms with E-state index in [1.807, 2.05) is 13.8 Å². The highest BCUT2D eigenvalue weighted by molar-refractivity contribution is 5.85. The summed E-state index contributed by atoms with van der Waals surface area (Å²) in [5.74, 6) is -0.519.